The maximum atomic E-state index is 13.9. The number of rotatable bonds is 5. The summed E-state index contributed by atoms with van der Waals surface area (Å²) in [6.45, 7) is -0.329. The van der Waals surface area contributed by atoms with E-state index in [1.807, 2.05) is 0 Å². The van der Waals surface area contributed by atoms with E-state index in [-0.39, 0.29) is 31.0 Å². The minimum Gasteiger partial charge on any atom is -0.467 e. The number of carbonyl (C=O) groups is 1. The molecule has 1 aliphatic rings. The van der Waals surface area contributed by atoms with Gasteiger partial charge in [-0.3, -0.25) is 0 Å². The summed E-state index contributed by atoms with van der Waals surface area (Å²) in [5, 5.41) is 11.9. The summed E-state index contributed by atoms with van der Waals surface area (Å²) in [7, 11) is 1.12. The smallest absolute Gasteiger partial charge is 0.336 e. The zero-order valence-corrected chi connectivity index (χ0v) is 11.3. The molecule has 1 aromatic rings. The molecule has 1 fully saturated rings. The Morgan fingerprint density at radius 1 is 1.48 bits per heavy atom. The molecule has 1 atom stereocenters. The van der Waals surface area contributed by atoms with Crippen LogP contribution in [0.4, 0.5) is 24.5 Å². The Hall–Kier alpha value is -1.96. The van der Waals surface area contributed by atoms with E-state index in [0.29, 0.717) is 0 Å². The van der Waals surface area contributed by atoms with Crippen LogP contribution in [0.15, 0.2) is 12.1 Å². The van der Waals surface area contributed by atoms with E-state index in [1.165, 1.54) is 4.90 Å². The van der Waals surface area contributed by atoms with Crippen LogP contribution in [0.1, 0.15) is 0 Å². The minimum absolute atomic E-state index is 0.0400. The van der Waals surface area contributed by atoms with Crippen LogP contribution in [-0.4, -0.2) is 50.1 Å². The van der Waals surface area contributed by atoms with Crippen LogP contribution in [0, 0.1) is 11.6 Å². The van der Waals surface area contributed by atoms with Crippen molar-refractivity contribution in [3.63, 3.8) is 0 Å². The Balaban J connectivity index is 2.04. The van der Waals surface area contributed by atoms with E-state index in [4.69, 9.17) is 0 Å². The molecule has 0 aromatic heterocycles. The van der Waals surface area contributed by atoms with Gasteiger partial charge in [-0.15, -0.1) is 0 Å². The third kappa shape index (κ3) is 3.38. The van der Waals surface area contributed by atoms with Gasteiger partial charge in [-0.2, -0.15) is 0 Å². The van der Waals surface area contributed by atoms with Crippen molar-refractivity contribution in [1.82, 2.24) is 0 Å². The molecule has 2 N–H and O–H groups in total. The highest BCUT2D eigenvalue weighted by molar-refractivity contribution is 5.75. The van der Waals surface area contributed by atoms with Crippen molar-refractivity contribution in [2.24, 2.45) is 0 Å². The van der Waals surface area contributed by atoms with Gasteiger partial charge in [-0.1, -0.05) is 0 Å². The second kappa shape index (κ2) is 6.21. The molecular weight excluding hydrogens is 289 g/mol. The summed E-state index contributed by atoms with van der Waals surface area (Å²) in [4.78, 5) is 12.3. The van der Waals surface area contributed by atoms with Crippen LogP contribution in [0.2, 0.25) is 0 Å². The van der Waals surface area contributed by atoms with E-state index < -0.39 is 29.9 Å². The topological polar surface area (TPSA) is 61.8 Å². The molecule has 116 valence electrons. The molecule has 1 heterocycles. The summed E-state index contributed by atoms with van der Waals surface area (Å²) in [5.74, 6) is -2.52. The normalized spacial score (nSPS) is 16.3. The number of nitrogens with zero attached hydrogens (tertiary/aromatic N) is 1. The lowest BCUT2D eigenvalue weighted by Gasteiger charge is -2.36. The number of ether oxygens (including phenoxy) is 1. The molecule has 1 aliphatic heterocycles. The zero-order chi connectivity index (χ0) is 15.6. The molecule has 0 spiro atoms. The van der Waals surface area contributed by atoms with E-state index >= 15 is 0 Å². The van der Waals surface area contributed by atoms with Crippen molar-refractivity contribution >= 4 is 17.3 Å². The van der Waals surface area contributed by atoms with Crippen molar-refractivity contribution in [2.45, 2.75) is 12.3 Å². The van der Waals surface area contributed by atoms with Gasteiger partial charge >= 0.3 is 5.97 Å². The molecule has 0 aliphatic carbocycles. The number of anilines is 2. The molecule has 5 nitrogen and oxygen atoms in total. The van der Waals surface area contributed by atoms with Crippen molar-refractivity contribution in [3.05, 3.63) is 23.8 Å². The molecular formula is C13H15F3N2O3. The van der Waals surface area contributed by atoms with Gasteiger partial charge in [0.25, 0.3) is 0 Å². The fraction of sp³-hybridized carbons (Fsp3) is 0.462. The third-order valence-corrected chi connectivity index (χ3v) is 3.14. The van der Waals surface area contributed by atoms with Gasteiger partial charge < -0.3 is 20.1 Å². The lowest BCUT2D eigenvalue weighted by molar-refractivity contribution is -0.149. The molecule has 2 rings (SSSR count). The highest BCUT2D eigenvalue weighted by Gasteiger charge is 2.30. The van der Waals surface area contributed by atoms with Crippen LogP contribution in [0.5, 0.6) is 0 Å². The second-order valence-corrected chi connectivity index (χ2v) is 4.71. The SMILES string of the molecule is COC(=O)[C@H](O)CNc1cc(F)c(N2CC(F)C2)c(F)c1. The Morgan fingerprint density at radius 2 is 2.05 bits per heavy atom. The first-order valence-corrected chi connectivity index (χ1v) is 6.30. The number of alkyl halides is 1. The van der Waals surface area contributed by atoms with E-state index in [0.717, 1.165) is 19.2 Å². The average Bonchev–Trinajstić information content (AvgIpc) is 2.41. The molecule has 8 heteroatoms. The average molecular weight is 304 g/mol. The summed E-state index contributed by atoms with van der Waals surface area (Å²) in [6.07, 6.45) is -2.51. The van der Waals surface area contributed by atoms with E-state index in [1.54, 1.807) is 0 Å². The Labute approximate surface area is 119 Å². The number of nitrogens with one attached hydrogen (secondary N) is 1. The molecule has 1 saturated heterocycles. The van der Waals surface area contributed by atoms with Crippen LogP contribution in [0.3, 0.4) is 0 Å². The van der Waals surface area contributed by atoms with Crippen molar-refractivity contribution in [3.8, 4) is 0 Å². The summed E-state index contributed by atoms with van der Waals surface area (Å²) in [6, 6.07) is 2.04. The third-order valence-electron chi connectivity index (χ3n) is 3.14. The van der Waals surface area contributed by atoms with Gasteiger partial charge in [0.2, 0.25) is 0 Å². The molecule has 0 radical (unpaired) electrons. The molecule has 0 saturated carbocycles. The highest BCUT2D eigenvalue weighted by atomic mass is 19.1. The number of hydrogen-bond acceptors (Lipinski definition) is 5. The number of hydrogen-bond donors (Lipinski definition) is 2. The number of methoxy groups -OCH3 is 1. The molecule has 0 bridgehead atoms. The number of benzene rings is 1. The predicted molar refractivity (Wildman–Crippen MR) is 70.0 cm³/mol. The van der Waals surface area contributed by atoms with Crippen molar-refractivity contribution in [2.75, 3.05) is 37.0 Å². The quantitative estimate of drug-likeness (QED) is 0.797. The van der Waals surface area contributed by atoms with Gasteiger partial charge in [0.15, 0.2) is 17.7 Å². The monoisotopic (exact) mass is 304 g/mol. The summed E-state index contributed by atoms with van der Waals surface area (Å²) < 4.78 is 44.8. The first kappa shape index (κ1) is 15.4. The number of halogens is 3. The maximum Gasteiger partial charge on any atom is 0.336 e. The Morgan fingerprint density at radius 3 is 2.52 bits per heavy atom. The second-order valence-electron chi connectivity index (χ2n) is 4.71. The van der Waals surface area contributed by atoms with Gasteiger partial charge in [0.1, 0.15) is 11.9 Å². The van der Waals surface area contributed by atoms with E-state index in [2.05, 4.69) is 10.1 Å². The first-order chi connectivity index (χ1) is 9.92. The summed E-state index contributed by atoms with van der Waals surface area (Å²) in [5.41, 5.74) is -0.211. The summed E-state index contributed by atoms with van der Waals surface area (Å²) >= 11 is 0. The molecule has 0 amide bonds. The number of aliphatic hydroxyl groups is 1. The van der Waals surface area contributed by atoms with Crippen LogP contribution >= 0.6 is 0 Å². The number of aliphatic hydroxyl groups excluding tert-OH is 1. The van der Waals surface area contributed by atoms with E-state index in [9.17, 15) is 23.1 Å². The van der Waals surface area contributed by atoms with Crippen LogP contribution in [0.25, 0.3) is 0 Å². The highest BCUT2D eigenvalue weighted by Crippen LogP contribution is 2.31. The van der Waals surface area contributed by atoms with Crippen LogP contribution < -0.4 is 10.2 Å². The molecule has 21 heavy (non-hydrogen) atoms. The lowest BCUT2D eigenvalue weighted by atomic mass is 10.1. The lowest BCUT2D eigenvalue weighted by Crippen LogP contribution is -2.49. The Bertz CT molecular complexity index is 512. The predicted octanol–water partition coefficient (Wildman–Crippen LogP) is 1.07. The fourth-order valence-corrected chi connectivity index (χ4v) is 2.01. The largest absolute Gasteiger partial charge is 0.467 e. The number of carbonyl (C=O) groups excluding carboxylic acids is 1. The maximum absolute atomic E-state index is 13.9. The standard InChI is InChI=1S/C13H15F3N2O3/c1-21-13(20)11(19)4-17-8-2-9(15)12(10(16)3-8)18-5-7(14)6-18/h2-3,7,11,17,19H,4-6H2,1H3/t11-/m1/s1. The Kier molecular flexibility index (Phi) is 4.56. The minimum atomic E-state index is -1.44. The van der Waals surface area contributed by atoms with Gasteiger partial charge in [-0.25, -0.2) is 18.0 Å². The number of esters is 1. The van der Waals surface area contributed by atoms with Gasteiger partial charge in [0, 0.05) is 5.69 Å². The zero-order valence-electron chi connectivity index (χ0n) is 11.3. The van der Waals surface area contributed by atoms with Crippen molar-refractivity contribution in [1.29, 1.82) is 0 Å². The van der Waals surface area contributed by atoms with Crippen molar-refractivity contribution < 1.29 is 27.8 Å². The van der Waals surface area contributed by atoms with Crippen LogP contribution in [-0.2, 0) is 9.53 Å². The molecule has 1 aromatic carbocycles. The van der Waals surface area contributed by atoms with Gasteiger partial charge in [0.05, 0.1) is 26.7 Å². The van der Waals surface area contributed by atoms with Gasteiger partial charge in [-0.05, 0) is 12.1 Å². The molecule has 0 unspecified atom stereocenters. The fourth-order valence-electron chi connectivity index (χ4n) is 2.01. The first-order valence-electron chi connectivity index (χ1n) is 6.30.